The summed E-state index contributed by atoms with van der Waals surface area (Å²) in [7, 11) is 0. The summed E-state index contributed by atoms with van der Waals surface area (Å²) in [5.74, 6) is 0.665. The Labute approximate surface area is 445 Å². The smallest absolute Gasteiger partial charge is 0.160 e. The minimum atomic E-state index is 0.665. The molecule has 0 aliphatic heterocycles. The van der Waals surface area contributed by atoms with Crippen LogP contribution in [-0.2, 0) is 0 Å². The van der Waals surface area contributed by atoms with Crippen molar-refractivity contribution < 1.29 is 0 Å². The first-order chi connectivity index (χ1) is 38.0. The first kappa shape index (κ1) is 44.4. The summed E-state index contributed by atoms with van der Waals surface area (Å²) < 4.78 is 7.48. The molecule has 0 spiro atoms. The molecule has 11 aromatic carbocycles. The Morgan fingerprint density at radius 3 is 1.08 bits per heavy atom. The van der Waals surface area contributed by atoms with Crippen LogP contribution in [0.5, 0.6) is 0 Å². The van der Waals surface area contributed by atoms with E-state index in [1.807, 2.05) is 6.07 Å². The molecule has 0 amide bonds. The van der Waals surface area contributed by atoms with E-state index in [1.165, 1.54) is 43.4 Å². The molecule has 77 heavy (non-hydrogen) atoms. The fraction of sp³-hybridized carbons (Fsp3) is 0.0278. The van der Waals surface area contributed by atoms with Gasteiger partial charge in [-0.25, -0.2) is 9.97 Å². The van der Waals surface area contributed by atoms with Crippen LogP contribution in [0.1, 0.15) is 11.1 Å². The average Bonchev–Trinajstić information content (AvgIpc) is 4.23. The highest BCUT2D eigenvalue weighted by Gasteiger charge is 2.27. The van der Waals surface area contributed by atoms with Crippen molar-refractivity contribution in [2.24, 2.45) is 0 Å². The Hall–Kier alpha value is -10.1. The number of benzene rings is 11. The van der Waals surface area contributed by atoms with Crippen molar-refractivity contribution in [3.63, 3.8) is 0 Å². The van der Waals surface area contributed by atoms with Crippen molar-refractivity contribution in [3.8, 4) is 73.2 Å². The van der Waals surface area contributed by atoms with Crippen LogP contribution < -0.4 is 0 Å². The maximum Gasteiger partial charge on any atom is 0.160 e. The van der Waals surface area contributed by atoms with Crippen molar-refractivity contribution in [1.82, 2.24) is 23.7 Å². The minimum Gasteiger partial charge on any atom is -0.309 e. The lowest BCUT2D eigenvalue weighted by molar-refractivity contribution is 1.15. The number of hydrogen-bond acceptors (Lipinski definition) is 2. The van der Waals surface area contributed by atoms with Gasteiger partial charge in [0.05, 0.1) is 61.6 Å². The van der Waals surface area contributed by atoms with E-state index in [2.05, 4.69) is 282 Å². The van der Waals surface area contributed by atoms with Crippen LogP contribution in [0, 0.1) is 13.8 Å². The summed E-state index contributed by atoms with van der Waals surface area (Å²) in [6.07, 6.45) is 0. The molecule has 0 unspecified atom stereocenters. The Bertz CT molecular complexity index is 4420. The summed E-state index contributed by atoms with van der Waals surface area (Å²) in [5.41, 5.74) is 21.4. The van der Waals surface area contributed by atoms with Gasteiger partial charge in [-0.05, 0) is 92.7 Å². The molecule has 0 radical (unpaired) electrons. The highest BCUT2D eigenvalue weighted by atomic mass is 15.0. The molecular weight excluding hydrogens is 935 g/mol. The molecule has 0 saturated carbocycles. The van der Waals surface area contributed by atoms with Crippen LogP contribution in [0.4, 0.5) is 0 Å². The third-order valence-corrected chi connectivity index (χ3v) is 15.6. The topological polar surface area (TPSA) is 40.6 Å². The maximum absolute atomic E-state index is 5.56. The lowest BCUT2D eigenvalue weighted by Gasteiger charge is -2.24. The summed E-state index contributed by atoms with van der Waals surface area (Å²) in [6, 6.07) is 94.9. The first-order valence-electron chi connectivity index (χ1n) is 26.4. The number of fused-ring (bicyclic) bond motifs is 9. The molecule has 0 saturated heterocycles. The van der Waals surface area contributed by atoms with Gasteiger partial charge in [-0.1, -0.05) is 193 Å². The van der Waals surface area contributed by atoms with Crippen LogP contribution in [0.2, 0.25) is 0 Å². The predicted octanol–water partition coefficient (Wildman–Crippen LogP) is 18.7. The molecule has 5 nitrogen and oxygen atoms in total. The second-order valence-corrected chi connectivity index (χ2v) is 20.3. The zero-order valence-electron chi connectivity index (χ0n) is 42.6. The molecule has 4 heterocycles. The van der Waals surface area contributed by atoms with Gasteiger partial charge in [0.25, 0.3) is 0 Å². The summed E-state index contributed by atoms with van der Waals surface area (Å²) >= 11 is 0. The summed E-state index contributed by atoms with van der Waals surface area (Å²) in [6.45, 7) is 4.40. The van der Waals surface area contributed by atoms with Crippen LogP contribution in [0.15, 0.2) is 261 Å². The van der Waals surface area contributed by atoms with Crippen LogP contribution in [0.3, 0.4) is 0 Å². The van der Waals surface area contributed by atoms with Gasteiger partial charge >= 0.3 is 0 Å². The summed E-state index contributed by atoms with van der Waals surface area (Å²) in [4.78, 5) is 10.9. The van der Waals surface area contributed by atoms with E-state index >= 15 is 0 Å². The van der Waals surface area contributed by atoms with Gasteiger partial charge < -0.3 is 13.7 Å². The number of aryl methyl sites for hydroxylation is 2. The van der Waals surface area contributed by atoms with E-state index in [4.69, 9.17) is 9.97 Å². The molecule has 4 aromatic heterocycles. The molecular formula is C72H49N5. The van der Waals surface area contributed by atoms with E-state index in [9.17, 15) is 0 Å². The molecule has 0 aliphatic carbocycles. The Balaban J connectivity index is 1.14. The normalized spacial score (nSPS) is 11.8. The molecule has 5 heteroatoms. The zero-order chi connectivity index (χ0) is 51.1. The quantitative estimate of drug-likeness (QED) is 0.152. The van der Waals surface area contributed by atoms with Gasteiger partial charge in [0.15, 0.2) is 5.82 Å². The van der Waals surface area contributed by atoms with Crippen molar-refractivity contribution in [3.05, 3.63) is 272 Å². The Morgan fingerprint density at radius 2 is 0.623 bits per heavy atom. The number of rotatable bonds is 8. The zero-order valence-corrected chi connectivity index (χ0v) is 42.6. The number of hydrogen-bond donors (Lipinski definition) is 0. The number of nitrogens with zero attached hydrogens (tertiary/aromatic N) is 5. The van der Waals surface area contributed by atoms with Gasteiger partial charge in [0, 0.05) is 71.3 Å². The lowest BCUT2D eigenvalue weighted by Crippen LogP contribution is -2.06. The molecule has 0 fully saturated rings. The molecule has 0 bridgehead atoms. The third-order valence-electron chi connectivity index (χ3n) is 15.6. The van der Waals surface area contributed by atoms with E-state index in [1.54, 1.807) is 0 Å². The molecule has 15 rings (SSSR count). The SMILES string of the molecule is Cc1ccc2c(c1)c1cc(C)ccc1n2-c1c(-c2ccccc2-n2c3ccccc3c3ccccc32)cc(-c2cc(-c3ccccc3)nc(-c3ccccc3)n2)cc1-c1ccccc1-n1c2ccccc2c2ccccc21. The third kappa shape index (κ3) is 7.16. The molecule has 0 atom stereocenters. The number of aromatic nitrogens is 5. The maximum atomic E-state index is 5.56. The van der Waals surface area contributed by atoms with Crippen LogP contribution >= 0.6 is 0 Å². The van der Waals surface area contributed by atoms with Crippen LogP contribution in [-0.4, -0.2) is 23.7 Å². The Kier molecular flexibility index (Phi) is 10.3. The van der Waals surface area contributed by atoms with E-state index in [-0.39, 0.29) is 0 Å². The summed E-state index contributed by atoms with van der Waals surface area (Å²) in [5, 5.41) is 7.28. The second-order valence-electron chi connectivity index (χ2n) is 20.3. The van der Waals surface area contributed by atoms with Crippen molar-refractivity contribution in [1.29, 1.82) is 0 Å². The van der Waals surface area contributed by atoms with Gasteiger partial charge in [0.1, 0.15) is 0 Å². The van der Waals surface area contributed by atoms with E-state index < -0.39 is 0 Å². The van der Waals surface area contributed by atoms with Gasteiger partial charge in [0.2, 0.25) is 0 Å². The van der Waals surface area contributed by atoms with Crippen molar-refractivity contribution >= 4 is 65.4 Å². The van der Waals surface area contributed by atoms with Gasteiger partial charge in [-0.3, -0.25) is 0 Å². The fourth-order valence-corrected chi connectivity index (χ4v) is 12.2. The highest BCUT2D eigenvalue weighted by Crippen LogP contribution is 2.48. The molecule has 0 aliphatic rings. The van der Waals surface area contributed by atoms with Crippen molar-refractivity contribution in [2.45, 2.75) is 13.8 Å². The number of para-hydroxylation sites is 6. The average molecular weight is 984 g/mol. The van der Waals surface area contributed by atoms with E-state index in [0.29, 0.717) is 5.82 Å². The second kappa shape index (κ2) is 17.8. The van der Waals surface area contributed by atoms with E-state index in [0.717, 1.165) is 100 Å². The first-order valence-corrected chi connectivity index (χ1v) is 26.4. The van der Waals surface area contributed by atoms with Crippen LogP contribution in [0.25, 0.3) is 139 Å². The largest absolute Gasteiger partial charge is 0.309 e. The molecule has 0 N–H and O–H groups in total. The monoisotopic (exact) mass is 983 g/mol. The minimum absolute atomic E-state index is 0.665. The Morgan fingerprint density at radius 1 is 0.260 bits per heavy atom. The standard InChI is InChI=1S/C72H49N5/c1-46-37-39-69-57(41-46)58-42-47(2)38-40-70(58)77(69)71-59(55-29-13-19-35-67(55)75-63-31-15-9-25-51(63)52-26-10-16-32-64(52)75)43-50(62-45-61(48-21-5-3-6-22-48)73-72(74-62)49-23-7-4-8-24-49)44-60(71)56-30-14-20-36-68(56)76-65-33-17-11-27-53(65)54-28-12-18-34-66(54)76/h3-45H,1-2H3. The highest BCUT2D eigenvalue weighted by molar-refractivity contribution is 6.14. The van der Waals surface area contributed by atoms with Crippen molar-refractivity contribution in [2.75, 3.05) is 0 Å². The lowest BCUT2D eigenvalue weighted by atomic mass is 9.90. The molecule has 15 aromatic rings. The fourth-order valence-electron chi connectivity index (χ4n) is 12.2. The van der Waals surface area contributed by atoms with Gasteiger partial charge in [-0.15, -0.1) is 0 Å². The van der Waals surface area contributed by atoms with Gasteiger partial charge in [-0.2, -0.15) is 0 Å². The predicted molar refractivity (Wildman–Crippen MR) is 322 cm³/mol. The molecule has 362 valence electrons.